The van der Waals surface area contributed by atoms with Crippen molar-refractivity contribution in [2.75, 3.05) is 19.6 Å². The molecule has 2 N–H and O–H groups in total. The minimum atomic E-state index is -0.156. The number of benzene rings is 1. The minimum Gasteiger partial charge on any atom is -0.436 e. The van der Waals surface area contributed by atoms with Gasteiger partial charge in [-0.25, -0.2) is 0 Å². The van der Waals surface area contributed by atoms with E-state index in [0.717, 1.165) is 6.42 Å². The molecular formula is C17H18Cl2N4O2. The van der Waals surface area contributed by atoms with Crippen LogP contribution in [0.3, 0.4) is 0 Å². The maximum absolute atomic E-state index is 12.5. The van der Waals surface area contributed by atoms with Crippen LogP contribution in [0.2, 0.25) is 10.0 Å². The quantitative estimate of drug-likeness (QED) is 0.878. The third kappa shape index (κ3) is 3.86. The molecule has 1 aliphatic rings. The van der Waals surface area contributed by atoms with Crippen LogP contribution in [-0.2, 0) is 0 Å². The lowest BCUT2D eigenvalue weighted by Crippen LogP contribution is -2.34. The van der Waals surface area contributed by atoms with Gasteiger partial charge in [0.25, 0.3) is 5.91 Å². The smallest absolute Gasteiger partial charge is 0.274 e. The van der Waals surface area contributed by atoms with E-state index in [2.05, 4.69) is 17.1 Å². The molecule has 8 heteroatoms. The molecule has 3 rings (SSSR count). The number of carbonyl (C=O) groups is 1. The van der Waals surface area contributed by atoms with Gasteiger partial charge in [0.1, 0.15) is 10.8 Å². The van der Waals surface area contributed by atoms with Gasteiger partial charge < -0.3 is 15.4 Å². The fraction of sp³-hybridized carbons (Fsp3) is 0.353. The van der Waals surface area contributed by atoms with Gasteiger partial charge >= 0.3 is 0 Å². The highest BCUT2D eigenvalue weighted by atomic mass is 35.5. The Morgan fingerprint density at radius 1 is 1.32 bits per heavy atom. The predicted octanol–water partition coefficient (Wildman–Crippen LogP) is 3.39. The first-order chi connectivity index (χ1) is 11.9. The van der Waals surface area contributed by atoms with Gasteiger partial charge in [-0.05, 0) is 36.6 Å². The van der Waals surface area contributed by atoms with Crippen molar-refractivity contribution in [1.29, 1.82) is 0 Å². The van der Waals surface area contributed by atoms with Gasteiger partial charge in [0, 0.05) is 19.2 Å². The summed E-state index contributed by atoms with van der Waals surface area (Å²) in [4.78, 5) is 14.3. The number of nitrogens with zero attached hydrogens (tertiary/aromatic N) is 3. The largest absolute Gasteiger partial charge is 0.436 e. The van der Waals surface area contributed by atoms with E-state index in [1.807, 2.05) is 0 Å². The predicted molar refractivity (Wildman–Crippen MR) is 96.2 cm³/mol. The van der Waals surface area contributed by atoms with Crippen LogP contribution in [0, 0.1) is 5.41 Å². The molecule has 0 aliphatic carbocycles. The van der Waals surface area contributed by atoms with E-state index in [1.54, 1.807) is 35.2 Å². The first-order valence-electron chi connectivity index (χ1n) is 7.87. The van der Waals surface area contributed by atoms with Crippen LogP contribution in [0.25, 0.3) is 0 Å². The average Bonchev–Trinajstić information content (AvgIpc) is 3.02. The van der Waals surface area contributed by atoms with E-state index in [1.165, 1.54) is 0 Å². The number of hydrogen-bond acceptors (Lipinski definition) is 5. The molecule has 6 nitrogen and oxygen atoms in total. The van der Waals surface area contributed by atoms with Gasteiger partial charge in [-0.2, -0.15) is 0 Å². The second-order valence-electron chi connectivity index (χ2n) is 6.40. The lowest BCUT2D eigenvalue weighted by Gasteiger charge is -2.22. The number of likely N-dealkylation sites (tertiary alicyclic amines) is 1. The summed E-state index contributed by atoms with van der Waals surface area (Å²) in [6, 6.07) is 8.22. The SMILES string of the molecule is CC1(CN)CCN(C(=O)c2ccc(Oc3cccc(Cl)c3Cl)nn2)C1. The van der Waals surface area contributed by atoms with Gasteiger partial charge in [0.15, 0.2) is 5.69 Å². The number of halogens is 2. The lowest BCUT2D eigenvalue weighted by atomic mass is 9.90. The topological polar surface area (TPSA) is 81.3 Å². The third-order valence-electron chi connectivity index (χ3n) is 4.33. The summed E-state index contributed by atoms with van der Waals surface area (Å²) in [5.41, 5.74) is 6.02. The van der Waals surface area contributed by atoms with Crippen LogP contribution in [0.15, 0.2) is 30.3 Å². The Kier molecular flexibility index (Phi) is 5.13. The molecule has 1 atom stereocenters. The van der Waals surface area contributed by atoms with Gasteiger partial charge in [-0.15, -0.1) is 10.2 Å². The van der Waals surface area contributed by atoms with Gasteiger partial charge in [-0.3, -0.25) is 4.79 Å². The molecule has 1 unspecified atom stereocenters. The number of nitrogens with two attached hydrogens (primary N) is 1. The molecular weight excluding hydrogens is 363 g/mol. The first kappa shape index (κ1) is 17.9. The third-order valence-corrected chi connectivity index (χ3v) is 5.13. The van der Waals surface area contributed by atoms with Crippen LogP contribution >= 0.6 is 23.2 Å². The van der Waals surface area contributed by atoms with Crippen molar-refractivity contribution >= 4 is 29.1 Å². The fourth-order valence-electron chi connectivity index (χ4n) is 2.69. The van der Waals surface area contributed by atoms with Crippen molar-refractivity contribution in [1.82, 2.24) is 15.1 Å². The molecule has 0 spiro atoms. The maximum atomic E-state index is 12.5. The number of rotatable bonds is 4. The van der Waals surface area contributed by atoms with E-state index in [-0.39, 0.29) is 22.9 Å². The Balaban J connectivity index is 1.70. The summed E-state index contributed by atoms with van der Waals surface area (Å²) in [6.45, 7) is 3.93. The number of ether oxygens (including phenoxy) is 1. The molecule has 2 aromatic rings. The highest BCUT2D eigenvalue weighted by Gasteiger charge is 2.35. The van der Waals surface area contributed by atoms with Crippen LogP contribution in [0.1, 0.15) is 23.8 Å². The van der Waals surface area contributed by atoms with E-state index in [0.29, 0.717) is 35.4 Å². The van der Waals surface area contributed by atoms with E-state index < -0.39 is 0 Å². The summed E-state index contributed by atoms with van der Waals surface area (Å²) < 4.78 is 5.57. The summed E-state index contributed by atoms with van der Waals surface area (Å²) >= 11 is 12.0. The molecule has 1 fully saturated rings. The lowest BCUT2D eigenvalue weighted by molar-refractivity contribution is 0.0769. The monoisotopic (exact) mass is 380 g/mol. The molecule has 1 saturated heterocycles. The van der Waals surface area contributed by atoms with Crippen molar-refractivity contribution in [3.63, 3.8) is 0 Å². The number of aromatic nitrogens is 2. The maximum Gasteiger partial charge on any atom is 0.274 e. The normalized spacial score (nSPS) is 19.9. The first-order valence-corrected chi connectivity index (χ1v) is 8.62. The minimum absolute atomic E-state index is 0.0323. The molecule has 2 heterocycles. The van der Waals surface area contributed by atoms with Gasteiger partial charge in [0.05, 0.1) is 5.02 Å². The summed E-state index contributed by atoms with van der Waals surface area (Å²) in [5, 5.41) is 8.60. The van der Waals surface area contributed by atoms with E-state index in [9.17, 15) is 4.79 Å². The Labute approximate surface area is 155 Å². The fourth-order valence-corrected chi connectivity index (χ4v) is 3.02. The number of amides is 1. The molecule has 0 bridgehead atoms. The zero-order valence-corrected chi connectivity index (χ0v) is 15.2. The van der Waals surface area contributed by atoms with Crippen molar-refractivity contribution in [2.45, 2.75) is 13.3 Å². The zero-order chi connectivity index (χ0) is 18.0. The summed E-state index contributed by atoms with van der Waals surface area (Å²) in [7, 11) is 0. The Morgan fingerprint density at radius 2 is 2.12 bits per heavy atom. The Morgan fingerprint density at radius 3 is 2.76 bits per heavy atom. The zero-order valence-electron chi connectivity index (χ0n) is 13.7. The molecule has 0 saturated carbocycles. The van der Waals surface area contributed by atoms with Crippen LogP contribution in [0.4, 0.5) is 0 Å². The second-order valence-corrected chi connectivity index (χ2v) is 7.19. The average molecular weight is 381 g/mol. The molecule has 25 heavy (non-hydrogen) atoms. The summed E-state index contributed by atoms with van der Waals surface area (Å²) in [6.07, 6.45) is 0.886. The second kappa shape index (κ2) is 7.15. The molecule has 0 radical (unpaired) electrons. The number of carbonyl (C=O) groups excluding carboxylic acids is 1. The molecule has 1 aromatic carbocycles. The van der Waals surface area contributed by atoms with Crippen molar-refractivity contribution < 1.29 is 9.53 Å². The molecule has 1 aromatic heterocycles. The van der Waals surface area contributed by atoms with E-state index in [4.69, 9.17) is 33.7 Å². The van der Waals surface area contributed by atoms with Gasteiger partial charge in [0.2, 0.25) is 5.88 Å². The van der Waals surface area contributed by atoms with Crippen LogP contribution < -0.4 is 10.5 Å². The Hall–Kier alpha value is -1.89. The summed E-state index contributed by atoms with van der Waals surface area (Å²) in [5.74, 6) is 0.451. The molecule has 1 amide bonds. The van der Waals surface area contributed by atoms with Crippen LogP contribution in [0.5, 0.6) is 11.6 Å². The molecule has 132 valence electrons. The van der Waals surface area contributed by atoms with Crippen LogP contribution in [-0.4, -0.2) is 40.6 Å². The highest BCUT2D eigenvalue weighted by Crippen LogP contribution is 2.34. The van der Waals surface area contributed by atoms with Gasteiger partial charge in [-0.1, -0.05) is 36.2 Å². The van der Waals surface area contributed by atoms with Crippen molar-refractivity contribution in [3.8, 4) is 11.6 Å². The highest BCUT2D eigenvalue weighted by molar-refractivity contribution is 6.42. The van der Waals surface area contributed by atoms with Crippen molar-refractivity contribution in [2.24, 2.45) is 11.1 Å². The van der Waals surface area contributed by atoms with E-state index >= 15 is 0 Å². The van der Waals surface area contributed by atoms with Crippen molar-refractivity contribution in [3.05, 3.63) is 46.1 Å². The molecule has 1 aliphatic heterocycles. The number of hydrogen-bond donors (Lipinski definition) is 1. The Bertz CT molecular complexity index is 785. The standard InChI is InChI=1S/C17H18Cl2N4O2/c1-17(9-20)7-8-23(10-17)16(24)12-5-6-14(22-21-12)25-13-4-2-3-11(18)15(13)19/h2-6H,7-10,20H2,1H3.